The van der Waals surface area contributed by atoms with E-state index in [9.17, 15) is 14.7 Å². The van der Waals surface area contributed by atoms with Crippen LogP contribution in [-0.2, 0) is 4.79 Å². The lowest BCUT2D eigenvalue weighted by atomic mass is 10.1. The Labute approximate surface area is 115 Å². The molecule has 6 heteroatoms. The first-order chi connectivity index (χ1) is 7.36. The third-order valence-electron chi connectivity index (χ3n) is 3.27. The fourth-order valence-corrected chi connectivity index (χ4v) is 3.77. The quantitative estimate of drug-likeness (QED) is 0.344. The fourth-order valence-electron chi connectivity index (χ4n) is 2.26. The summed E-state index contributed by atoms with van der Waals surface area (Å²) in [5.41, 5.74) is 0. The number of nitrogens with zero attached hydrogens (tertiary/aromatic N) is 1. The second kappa shape index (κ2) is 5.22. The first-order valence-corrected chi connectivity index (χ1v) is 7.14. The summed E-state index contributed by atoms with van der Waals surface area (Å²) < 4.78 is -0.172. The van der Waals surface area contributed by atoms with Gasteiger partial charge in [-0.2, -0.15) is 21.9 Å². The highest BCUT2D eigenvalue weighted by molar-refractivity contribution is 14.1. The van der Waals surface area contributed by atoms with Crippen LogP contribution in [0.5, 0.6) is 0 Å². The van der Waals surface area contributed by atoms with Crippen LogP contribution in [0, 0.1) is 5.92 Å². The number of carboxylic acid groups (broad SMARTS) is 1. The van der Waals surface area contributed by atoms with Crippen molar-refractivity contribution in [2.45, 2.75) is 30.2 Å². The highest BCUT2D eigenvalue weighted by Gasteiger charge is 2.56. The molecule has 2 amide bonds. The molecule has 1 saturated heterocycles. The topological polar surface area (TPSA) is 54.4 Å². The van der Waals surface area contributed by atoms with Gasteiger partial charge in [0.05, 0.1) is 9.84 Å². The van der Waals surface area contributed by atoms with Crippen LogP contribution in [0.2, 0.25) is 0 Å². The van der Waals surface area contributed by atoms with Crippen molar-refractivity contribution < 1.29 is 19.2 Å². The number of amides is 2. The van der Waals surface area contributed by atoms with Crippen molar-refractivity contribution in [2.24, 2.45) is 5.92 Å². The minimum absolute atomic E-state index is 0.144. The molecule has 0 aromatic carbocycles. The van der Waals surface area contributed by atoms with Gasteiger partial charge in [-0.1, -0.05) is 22.6 Å². The van der Waals surface area contributed by atoms with Crippen LogP contribution in [0.3, 0.4) is 0 Å². The number of thiol groups is 1. The molecular weight excluding hydrogens is 341 g/mol. The predicted molar refractivity (Wildman–Crippen MR) is 73.1 cm³/mol. The average molecular weight is 358 g/mol. The largest absolute Gasteiger partial charge is 0.521 e. The van der Waals surface area contributed by atoms with Crippen LogP contribution in [0.1, 0.15) is 20.3 Å². The van der Waals surface area contributed by atoms with Gasteiger partial charge in [0.15, 0.2) is 0 Å². The normalized spacial score (nSPS) is 36.0. The molecule has 92 valence electrons. The summed E-state index contributed by atoms with van der Waals surface area (Å²) in [6, 6.07) is -0.144. The van der Waals surface area contributed by atoms with Gasteiger partial charge < -0.3 is 5.11 Å². The molecule has 0 aliphatic carbocycles. The monoisotopic (exact) mass is 358 g/mol. The van der Waals surface area contributed by atoms with Gasteiger partial charge in [0.1, 0.15) is 12.6 Å². The molecule has 0 aromatic heterocycles. The molecule has 0 bridgehead atoms. The molecule has 0 radical (unpaired) electrons. The number of hydrogen-bond donors (Lipinski definition) is 2. The molecule has 0 spiro atoms. The fraction of sp³-hybridized carbons (Fsp3) is 0.800. The van der Waals surface area contributed by atoms with Gasteiger partial charge in [-0.25, -0.2) is 4.79 Å². The van der Waals surface area contributed by atoms with Crippen LogP contribution in [0.15, 0.2) is 0 Å². The number of carbonyl (C=O) groups is 2. The number of carbonyl (C=O) groups excluding carboxylic acids is 1. The van der Waals surface area contributed by atoms with E-state index in [1.165, 1.54) is 0 Å². The van der Waals surface area contributed by atoms with E-state index >= 15 is 0 Å². The summed E-state index contributed by atoms with van der Waals surface area (Å²) in [5.74, 6) is -0.136. The Morgan fingerprint density at radius 3 is 2.50 bits per heavy atom. The Morgan fingerprint density at radius 2 is 2.19 bits per heavy atom. The van der Waals surface area contributed by atoms with E-state index in [0.29, 0.717) is 12.3 Å². The Hall–Kier alpha value is 0.180. The molecule has 1 unspecified atom stereocenters. The summed E-state index contributed by atoms with van der Waals surface area (Å²) in [6.07, 6.45) is -0.247. The molecular formula is C10H17INO3S+. The highest BCUT2D eigenvalue weighted by atomic mass is 127. The van der Waals surface area contributed by atoms with Crippen molar-refractivity contribution in [3.05, 3.63) is 0 Å². The maximum atomic E-state index is 12.2. The average Bonchev–Trinajstić information content (AvgIpc) is 2.52. The van der Waals surface area contributed by atoms with Crippen molar-refractivity contribution in [1.82, 2.24) is 0 Å². The van der Waals surface area contributed by atoms with Crippen molar-refractivity contribution in [2.75, 3.05) is 12.3 Å². The van der Waals surface area contributed by atoms with E-state index in [4.69, 9.17) is 0 Å². The summed E-state index contributed by atoms with van der Waals surface area (Å²) in [4.78, 5) is 23.7. The zero-order chi connectivity index (χ0) is 12.5. The number of likely N-dealkylation sites (tertiary alicyclic amines) is 1. The van der Waals surface area contributed by atoms with E-state index in [2.05, 4.69) is 35.2 Å². The SMILES string of the molecule is CC(CS)C(=O)[N@@+]1(C(=O)O)C[C@H](I)C[C@H]1C. The molecule has 16 heavy (non-hydrogen) atoms. The minimum Gasteiger partial charge on any atom is -0.435 e. The van der Waals surface area contributed by atoms with Gasteiger partial charge in [0, 0.05) is 12.2 Å². The summed E-state index contributed by atoms with van der Waals surface area (Å²) >= 11 is 6.30. The smallest absolute Gasteiger partial charge is 0.435 e. The van der Waals surface area contributed by atoms with E-state index < -0.39 is 10.6 Å². The minimum atomic E-state index is -1.02. The molecule has 0 aromatic rings. The van der Waals surface area contributed by atoms with Crippen LogP contribution < -0.4 is 0 Å². The van der Waals surface area contributed by atoms with Crippen molar-refractivity contribution in [1.29, 1.82) is 0 Å². The Bertz CT molecular complexity index is 312. The van der Waals surface area contributed by atoms with Crippen LogP contribution in [-0.4, -0.2) is 43.9 Å². The van der Waals surface area contributed by atoms with E-state index in [1.807, 2.05) is 6.92 Å². The van der Waals surface area contributed by atoms with E-state index in [-0.39, 0.29) is 21.8 Å². The molecule has 1 rings (SSSR count). The second-order valence-electron chi connectivity index (χ2n) is 4.44. The first kappa shape index (κ1) is 14.2. The Balaban J connectivity index is 3.08. The maximum Gasteiger partial charge on any atom is 0.521 e. The number of quaternary nitrogens is 1. The molecule has 4 nitrogen and oxygen atoms in total. The summed E-state index contributed by atoms with van der Waals surface area (Å²) in [7, 11) is 0. The standard InChI is InChI=1S/C10H16INO3S/c1-6(5-16)9(13)12(10(14)15)4-8(11)3-7(12)2/h6-8H,3-5H2,1-2H3,(H-,14,15,16)/p+1/t6?,7-,8-,12-/m1/s1. The van der Waals surface area contributed by atoms with Crippen LogP contribution in [0.4, 0.5) is 4.79 Å². The Morgan fingerprint density at radius 1 is 1.62 bits per heavy atom. The van der Waals surface area contributed by atoms with Crippen molar-refractivity contribution in [3.63, 3.8) is 0 Å². The van der Waals surface area contributed by atoms with E-state index in [1.54, 1.807) is 6.92 Å². The number of rotatable bonds is 2. The predicted octanol–water partition coefficient (Wildman–Crippen LogP) is 2.17. The van der Waals surface area contributed by atoms with Crippen LogP contribution >= 0.6 is 35.2 Å². The number of imide groups is 1. The molecule has 1 heterocycles. The summed E-state index contributed by atoms with van der Waals surface area (Å²) in [5, 5.41) is 9.39. The van der Waals surface area contributed by atoms with Crippen molar-refractivity contribution in [3.8, 4) is 0 Å². The second-order valence-corrected chi connectivity index (χ2v) is 6.56. The maximum absolute atomic E-state index is 12.2. The summed E-state index contributed by atoms with van der Waals surface area (Å²) in [6.45, 7) is 3.98. The lowest BCUT2D eigenvalue weighted by Crippen LogP contribution is -2.60. The number of halogens is 1. The molecule has 0 saturated carbocycles. The number of alkyl halides is 1. The van der Waals surface area contributed by atoms with Gasteiger partial charge in [0.25, 0.3) is 0 Å². The lowest BCUT2D eigenvalue weighted by Gasteiger charge is -2.31. The third-order valence-corrected chi connectivity index (χ3v) is 4.72. The van der Waals surface area contributed by atoms with Crippen molar-refractivity contribution >= 4 is 47.2 Å². The zero-order valence-electron chi connectivity index (χ0n) is 9.39. The molecule has 1 fully saturated rings. The van der Waals surface area contributed by atoms with Gasteiger partial charge in [-0.3, -0.25) is 0 Å². The lowest BCUT2D eigenvalue weighted by molar-refractivity contribution is -0.793. The highest BCUT2D eigenvalue weighted by Crippen LogP contribution is 2.34. The first-order valence-electron chi connectivity index (χ1n) is 5.26. The van der Waals surface area contributed by atoms with Crippen LogP contribution in [0.25, 0.3) is 0 Å². The molecule has 1 aliphatic rings. The van der Waals surface area contributed by atoms with Gasteiger partial charge >= 0.3 is 12.0 Å². The number of hydrogen-bond acceptors (Lipinski definition) is 3. The Kier molecular flexibility index (Phi) is 4.65. The van der Waals surface area contributed by atoms with Gasteiger partial charge in [-0.05, 0) is 13.8 Å². The molecule has 1 N–H and O–H groups in total. The zero-order valence-corrected chi connectivity index (χ0v) is 12.4. The molecule has 4 atom stereocenters. The molecule has 1 aliphatic heterocycles. The van der Waals surface area contributed by atoms with Gasteiger partial charge in [-0.15, -0.1) is 0 Å². The third kappa shape index (κ3) is 2.24. The van der Waals surface area contributed by atoms with E-state index in [0.717, 1.165) is 6.42 Å². The van der Waals surface area contributed by atoms with Gasteiger partial charge in [0.2, 0.25) is 0 Å².